The van der Waals surface area contributed by atoms with Crippen LogP contribution in [-0.2, 0) is 25.7 Å². The highest BCUT2D eigenvalue weighted by atomic mass is 19.1. The van der Waals surface area contributed by atoms with Gasteiger partial charge in [0.1, 0.15) is 23.3 Å². The molecule has 1 amide bonds. The molecule has 0 aliphatic rings. The quantitative estimate of drug-likeness (QED) is 0.247. The maximum absolute atomic E-state index is 13.0. The average Bonchev–Trinajstić information content (AvgIpc) is 3.73. The summed E-state index contributed by atoms with van der Waals surface area (Å²) in [7, 11) is 1.54. The molecule has 0 saturated heterocycles. The second-order valence-electron chi connectivity index (χ2n) is 9.66. The maximum Gasteiger partial charge on any atom is 0.343 e. The Balaban J connectivity index is 0.000000177. The summed E-state index contributed by atoms with van der Waals surface area (Å²) in [4.78, 5) is 29.0. The summed E-state index contributed by atoms with van der Waals surface area (Å²) >= 11 is 0. The molecule has 0 radical (unpaired) electrons. The van der Waals surface area contributed by atoms with E-state index in [-0.39, 0.29) is 17.7 Å². The summed E-state index contributed by atoms with van der Waals surface area (Å²) in [5.74, 6) is 1.96. The first-order valence-electron chi connectivity index (χ1n) is 13.9. The molecule has 0 aliphatic heterocycles. The largest absolute Gasteiger partial charge is 0.343 e. The smallest absolute Gasteiger partial charge is 0.339 e. The number of hydrogen-bond acceptors (Lipinski definition) is 7. The molecule has 4 heterocycles. The van der Waals surface area contributed by atoms with Gasteiger partial charge in [0.25, 0.3) is 0 Å². The fourth-order valence-corrected chi connectivity index (χ4v) is 4.24. The summed E-state index contributed by atoms with van der Waals surface area (Å²) in [6.07, 6.45) is 9.41. The molecule has 0 aliphatic carbocycles. The SMILES string of the molecule is CNC(=O)n1nc(-c2cccnc2)nc1CCc1ccc(F)cc1.Fc1ccc(CCc2nc(-c3cccnc3)n[nH]2)cc1. The third-order valence-corrected chi connectivity index (χ3v) is 6.57. The van der Waals surface area contributed by atoms with E-state index in [1.165, 1.54) is 36.0 Å². The molecule has 4 aromatic heterocycles. The van der Waals surface area contributed by atoms with Crippen LogP contribution < -0.4 is 5.32 Å². The first-order valence-corrected chi connectivity index (χ1v) is 13.9. The number of amides is 1. The zero-order valence-electron chi connectivity index (χ0n) is 23.9. The number of benzene rings is 2. The molecule has 2 N–H and O–H groups in total. The molecule has 0 bridgehead atoms. The zero-order valence-corrected chi connectivity index (χ0v) is 23.9. The minimum atomic E-state index is -0.355. The molecule has 0 fully saturated rings. The zero-order chi connectivity index (χ0) is 30.7. The highest BCUT2D eigenvalue weighted by Gasteiger charge is 2.16. The first kappa shape index (κ1) is 29.8. The molecule has 222 valence electrons. The number of rotatable bonds is 8. The second kappa shape index (κ2) is 14.5. The number of aryl methyl sites for hydroxylation is 4. The van der Waals surface area contributed by atoms with Gasteiger partial charge in [-0.3, -0.25) is 15.1 Å². The predicted octanol–water partition coefficient (Wildman–Crippen LogP) is 5.24. The van der Waals surface area contributed by atoms with Gasteiger partial charge in [-0.2, -0.15) is 9.78 Å². The van der Waals surface area contributed by atoms with Crippen LogP contribution in [0.1, 0.15) is 22.8 Å². The van der Waals surface area contributed by atoms with Gasteiger partial charge < -0.3 is 5.32 Å². The van der Waals surface area contributed by atoms with Crippen LogP contribution in [0.25, 0.3) is 22.8 Å². The van der Waals surface area contributed by atoms with E-state index >= 15 is 0 Å². The van der Waals surface area contributed by atoms with Crippen molar-refractivity contribution in [2.75, 3.05) is 7.05 Å². The highest BCUT2D eigenvalue weighted by Crippen LogP contribution is 2.16. The Morgan fingerprint density at radius 3 is 1.86 bits per heavy atom. The molecular formula is C32H29F2N9O. The van der Waals surface area contributed by atoms with Crippen LogP contribution in [0.3, 0.4) is 0 Å². The number of pyridine rings is 2. The average molecular weight is 594 g/mol. The Labute approximate surface area is 252 Å². The van der Waals surface area contributed by atoms with E-state index in [0.717, 1.165) is 40.9 Å². The van der Waals surface area contributed by atoms with Crippen molar-refractivity contribution in [2.24, 2.45) is 0 Å². The van der Waals surface area contributed by atoms with Crippen molar-refractivity contribution in [3.05, 3.63) is 132 Å². The summed E-state index contributed by atoms with van der Waals surface area (Å²) < 4.78 is 27.0. The van der Waals surface area contributed by atoms with Crippen molar-refractivity contribution in [1.29, 1.82) is 0 Å². The van der Waals surface area contributed by atoms with Gasteiger partial charge in [-0.05, 0) is 72.5 Å². The van der Waals surface area contributed by atoms with E-state index < -0.39 is 0 Å². The van der Waals surface area contributed by atoms with Crippen molar-refractivity contribution >= 4 is 6.03 Å². The number of aromatic amines is 1. The fraction of sp³-hybridized carbons (Fsp3) is 0.156. The lowest BCUT2D eigenvalue weighted by atomic mass is 10.1. The lowest BCUT2D eigenvalue weighted by molar-refractivity contribution is 0.240. The summed E-state index contributed by atoms with van der Waals surface area (Å²) in [5, 5.41) is 13.9. The molecule has 6 rings (SSSR count). The van der Waals surface area contributed by atoms with Gasteiger partial charge in [0.05, 0.1) is 0 Å². The third kappa shape index (κ3) is 8.00. The maximum atomic E-state index is 13.0. The summed E-state index contributed by atoms with van der Waals surface area (Å²) in [5.41, 5.74) is 3.66. The Morgan fingerprint density at radius 1 is 0.750 bits per heavy atom. The first-order chi connectivity index (χ1) is 21.5. The minimum Gasteiger partial charge on any atom is -0.339 e. The van der Waals surface area contributed by atoms with Gasteiger partial charge in [-0.1, -0.05) is 24.3 Å². The monoisotopic (exact) mass is 593 g/mol. The highest BCUT2D eigenvalue weighted by molar-refractivity contribution is 5.76. The number of H-pyrrole nitrogens is 1. The van der Waals surface area contributed by atoms with Crippen LogP contribution in [0.2, 0.25) is 0 Å². The molecule has 0 unspecified atom stereocenters. The van der Waals surface area contributed by atoms with E-state index in [1.807, 2.05) is 18.2 Å². The lowest BCUT2D eigenvalue weighted by Crippen LogP contribution is -2.27. The van der Waals surface area contributed by atoms with Crippen molar-refractivity contribution in [2.45, 2.75) is 25.7 Å². The molecular weight excluding hydrogens is 564 g/mol. The fourth-order valence-electron chi connectivity index (χ4n) is 4.24. The van der Waals surface area contributed by atoms with Gasteiger partial charge in [0, 0.05) is 55.8 Å². The van der Waals surface area contributed by atoms with E-state index in [1.54, 1.807) is 55.1 Å². The van der Waals surface area contributed by atoms with Crippen LogP contribution in [0.15, 0.2) is 97.6 Å². The van der Waals surface area contributed by atoms with Gasteiger partial charge in [0.2, 0.25) is 0 Å². The number of halogens is 2. The number of carbonyl (C=O) groups excluding carboxylic acids is 1. The van der Waals surface area contributed by atoms with Crippen LogP contribution in [-0.4, -0.2) is 53.0 Å². The summed E-state index contributed by atoms with van der Waals surface area (Å²) in [6.45, 7) is 0. The van der Waals surface area contributed by atoms with E-state index in [9.17, 15) is 13.6 Å². The number of nitrogens with one attached hydrogen (secondary N) is 2. The number of hydrogen-bond donors (Lipinski definition) is 2. The number of aromatic nitrogens is 8. The summed E-state index contributed by atoms with van der Waals surface area (Å²) in [6, 6.07) is 19.8. The van der Waals surface area contributed by atoms with Crippen molar-refractivity contribution in [3.63, 3.8) is 0 Å². The van der Waals surface area contributed by atoms with Crippen molar-refractivity contribution < 1.29 is 13.6 Å². The standard InChI is InChI=1S/C17H16FN5O.C15H13FN4/c1-19-17(24)23-15(9-6-12-4-7-14(18)8-5-12)21-16(22-23)13-3-2-10-20-11-13;16-13-6-3-11(4-7-13)5-8-14-18-15(20-19-14)12-2-1-9-17-10-12/h2-5,7-8,10-11H,6,9H2,1H3,(H,19,24);1-4,6-7,9-10H,5,8H2,(H,18,19,20). The van der Waals surface area contributed by atoms with Gasteiger partial charge in [0.15, 0.2) is 11.6 Å². The number of nitrogens with zero attached hydrogens (tertiary/aromatic N) is 7. The molecule has 0 saturated carbocycles. The van der Waals surface area contributed by atoms with Crippen molar-refractivity contribution in [1.82, 2.24) is 45.2 Å². The van der Waals surface area contributed by atoms with E-state index in [0.29, 0.717) is 30.3 Å². The van der Waals surface area contributed by atoms with Gasteiger partial charge in [-0.25, -0.2) is 23.5 Å². The van der Waals surface area contributed by atoms with Gasteiger partial charge >= 0.3 is 6.03 Å². The minimum absolute atomic E-state index is 0.215. The lowest BCUT2D eigenvalue weighted by Gasteiger charge is -2.04. The van der Waals surface area contributed by atoms with Crippen LogP contribution in [0.4, 0.5) is 13.6 Å². The number of carbonyl (C=O) groups is 1. The van der Waals surface area contributed by atoms with Crippen LogP contribution in [0, 0.1) is 11.6 Å². The predicted molar refractivity (Wildman–Crippen MR) is 160 cm³/mol. The molecule has 0 atom stereocenters. The van der Waals surface area contributed by atoms with E-state index in [2.05, 4.69) is 40.5 Å². The topological polar surface area (TPSA) is 127 Å². The molecule has 10 nitrogen and oxygen atoms in total. The second-order valence-corrected chi connectivity index (χ2v) is 9.66. The molecule has 2 aromatic carbocycles. The Morgan fingerprint density at radius 2 is 1.32 bits per heavy atom. The van der Waals surface area contributed by atoms with Crippen LogP contribution in [0.5, 0.6) is 0 Å². The van der Waals surface area contributed by atoms with Crippen LogP contribution >= 0.6 is 0 Å². The molecule has 12 heteroatoms. The molecule has 44 heavy (non-hydrogen) atoms. The molecule has 0 spiro atoms. The van der Waals surface area contributed by atoms with Gasteiger partial charge in [-0.15, -0.1) is 5.10 Å². The van der Waals surface area contributed by atoms with Crippen molar-refractivity contribution in [3.8, 4) is 22.8 Å². The van der Waals surface area contributed by atoms with E-state index in [4.69, 9.17) is 0 Å². The molecule has 6 aromatic rings. The Kier molecular flexibility index (Phi) is 9.83. The normalized spacial score (nSPS) is 10.6. The third-order valence-electron chi connectivity index (χ3n) is 6.57. The Bertz CT molecular complexity index is 1770. The Hall–Kier alpha value is -5.65.